The lowest BCUT2D eigenvalue weighted by Crippen LogP contribution is -1.95. The van der Waals surface area contributed by atoms with Gasteiger partial charge in [-0.05, 0) is 42.2 Å². The van der Waals surface area contributed by atoms with Crippen LogP contribution >= 0.6 is 46.4 Å². The summed E-state index contributed by atoms with van der Waals surface area (Å²) < 4.78 is 0. The Morgan fingerprint density at radius 3 is 1.43 bits per heavy atom. The topological polar surface area (TPSA) is 0 Å². The molecule has 78 valence electrons. The molecule has 0 nitrogen and oxygen atoms in total. The van der Waals surface area contributed by atoms with E-state index >= 15 is 0 Å². The number of benzene rings is 1. The molecular formula is C10H10Cl4. The Balaban J connectivity index is 3.27. The van der Waals surface area contributed by atoms with E-state index in [1.165, 1.54) is 0 Å². The van der Waals surface area contributed by atoms with Crippen LogP contribution in [0, 0.1) is 13.8 Å². The van der Waals surface area contributed by atoms with E-state index in [0.29, 0.717) is 0 Å². The Morgan fingerprint density at radius 1 is 0.786 bits per heavy atom. The van der Waals surface area contributed by atoms with Gasteiger partial charge in [0, 0.05) is 0 Å². The van der Waals surface area contributed by atoms with Gasteiger partial charge in [-0.15, -0.1) is 46.4 Å². The third kappa shape index (κ3) is 2.70. The van der Waals surface area contributed by atoms with E-state index in [0.717, 1.165) is 22.3 Å². The van der Waals surface area contributed by atoms with Gasteiger partial charge >= 0.3 is 0 Å². The van der Waals surface area contributed by atoms with Crippen molar-refractivity contribution < 1.29 is 0 Å². The monoisotopic (exact) mass is 270 g/mol. The molecule has 0 aliphatic rings. The highest BCUT2D eigenvalue weighted by atomic mass is 35.5. The molecule has 0 bridgehead atoms. The first-order chi connectivity index (χ1) is 6.43. The summed E-state index contributed by atoms with van der Waals surface area (Å²) in [6, 6.07) is 3.85. The summed E-state index contributed by atoms with van der Waals surface area (Å²) in [5, 5.41) is 0. The van der Waals surface area contributed by atoms with E-state index in [2.05, 4.69) is 0 Å². The number of rotatable bonds is 2. The average Bonchev–Trinajstić information content (AvgIpc) is 2.02. The average molecular weight is 272 g/mol. The Hall–Kier alpha value is 0.380. The molecule has 0 saturated heterocycles. The number of alkyl halides is 4. The lowest BCUT2D eigenvalue weighted by molar-refractivity contribution is 1.17. The van der Waals surface area contributed by atoms with Crippen molar-refractivity contribution in [1.29, 1.82) is 0 Å². The molecule has 1 aromatic carbocycles. The summed E-state index contributed by atoms with van der Waals surface area (Å²) in [7, 11) is 0. The highest BCUT2D eigenvalue weighted by Gasteiger charge is 2.13. The fourth-order valence-electron chi connectivity index (χ4n) is 1.36. The second-order valence-electron chi connectivity index (χ2n) is 3.17. The number of hydrogen-bond acceptors (Lipinski definition) is 0. The first-order valence-corrected chi connectivity index (χ1v) is 5.85. The van der Waals surface area contributed by atoms with E-state index in [-0.39, 0.29) is 0 Å². The van der Waals surface area contributed by atoms with Crippen LogP contribution in [-0.2, 0) is 0 Å². The molecule has 0 aromatic heterocycles. The SMILES string of the molecule is Cc1cc(C)c(C(Cl)Cl)cc1C(Cl)Cl. The molecule has 0 spiro atoms. The van der Waals surface area contributed by atoms with Gasteiger partial charge in [-0.25, -0.2) is 0 Å². The van der Waals surface area contributed by atoms with Crippen LogP contribution in [0.4, 0.5) is 0 Å². The summed E-state index contributed by atoms with van der Waals surface area (Å²) in [5.74, 6) is 0. The molecule has 4 heteroatoms. The van der Waals surface area contributed by atoms with Gasteiger partial charge in [0.05, 0.1) is 0 Å². The van der Waals surface area contributed by atoms with Crippen LogP contribution in [0.5, 0.6) is 0 Å². The largest absolute Gasteiger partial charge is 0.133 e. The molecule has 0 fully saturated rings. The van der Waals surface area contributed by atoms with E-state index in [1.807, 2.05) is 26.0 Å². The standard InChI is InChI=1S/C10H10Cl4/c1-5-3-6(2)8(10(13)14)4-7(5)9(11)12/h3-4,9-10H,1-2H3. The molecule has 0 saturated carbocycles. The van der Waals surface area contributed by atoms with E-state index in [4.69, 9.17) is 46.4 Å². The van der Waals surface area contributed by atoms with Gasteiger partial charge in [0.15, 0.2) is 0 Å². The van der Waals surface area contributed by atoms with Crippen LogP contribution < -0.4 is 0 Å². The van der Waals surface area contributed by atoms with Gasteiger partial charge in [0.25, 0.3) is 0 Å². The number of halogens is 4. The molecule has 0 heterocycles. The summed E-state index contributed by atoms with van der Waals surface area (Å²) >= 11 is 23.3. The third-order valence-corrected chi connectivity index (χ3v) is 3.07. The maximum atomic E-state index is 5.82. The Morgan fingerprint density at radius 2 is 1.14 bits per heavy atom. The number of hydrogen-bond donors (Lipinski definition) is 0. The van der Waals surface area contributed by atoms with Crippen molar-refractivity contribution in [2.45, 2.75) is 23.5 Å². The van der Waals surface area contributed by atoms with E-state index in [9.17, 15) is 0 Å². The Kier molecular flexibility index (Phi) is 4.39. The van der Waals surface area contributed by atoms with E-state index in [1.54, 1.807) is 0 Å². The summed E-state index contributed by atoms with van der Waals surface area (Å²) in [5.41, 5.74) is 3.82. The Labute approximate surface area is 104 Å². The van der Waals surface area contributed by atoms with Crippen LogP contribution in [0.15, 0.2) is 12.1 Å². The first-order valence-electron chi connectivity index (χ1n) is 4.10. The highest BCUT2D eigenvalue weighted by molar-refractivity contribution is 6.45. The normalized spacial score (nSPS) is 11.4. The molecular weight excluding hydrogens is 262 g/mol. The predicted molar refractivity (Wildman–Crippen MR) is 64.8 cm³/mol. The van der Waals surface area contributed by atoms with Gasteiger partial charge in [0.2, 0.25) is 0 Å². The third-order valence-electron chi connectivity index (χ3n) is 2.12. The van der Waals surface area contributed by atoms with Crippen molar-refractivity contribution in [3.05, 3.63) is 34.4 Å². The molecule has 1 rings (SSSR count). The molecule has 0 radical (unpaired) electrons. The zero-order valence-corrected chi connectivity index (χ0v) is 10.8. The van der Waals surface area contributed by atoms with Gasteiger partial charge in [0.1, 0.15) is 9.67 Å². The molecule has 0 N–H and O–H groups in total. The second kappa shape index (κ2) is 4.94. The minimum Gasteiger partial charge on any atom is -0.100 e. The highest BCUT2D eigenvalue weighted by Crippen LogP contribution is 2.34. The summed E-state index contributed by atoms with van der Waals surface area (Å²) in [6.07, 6.45) is 0. The van der Waals surface area contributed by atoms with Crippen LogP contribution in [0.3, 0.4) is 0 Å². The molecule has 0 aliphatic carbocycles. The molecule has 0 amide bonds. The van der Waals surface area contributed by atoms with Crippen LogP contribution in [0.2, 0.25) is 0 Å². The molecule has 0 unspecified atom stereocenters. The molecule has 0 aliphatic heterocycles. The van der Waals surface area contributed by atoms with Crippen LogP contribution in [-0.4, -0.2) is 0 Å². The second-order valence-corrected chi connectivity index (χ2v) is 5.36. The predicted octanol–water partition coefficient (Wildman–Crippen LogP) is 5.26. The fourth-order valence-corrected chi connectivity index (χ4v) is 2.30. The van der Waals surface area contributed by atoms with Crippen molar-refractivity contribution in [2.24, 2.45) is 0 Å². The lowest BCUT2D eigenvalue weighted by atomic mass is 10.0. The molecule has 0 atom stereocenters. The Bertz CT molecular complexity index is 302. The quantitative estimate of drug-likeness (QED) is 0.644. The maximum absolute atomic E-state index is 5.82. The smallest absolute Gasteiger partial charge is 0.100 e. The fraction of sp³-hybridized carbons (Fsp3) is 0.400. The minimum absolute atomic E-state index is 0.540. The van der Waals surface area contributed by atoms with Crippen molar-refractivity contribution >= 4 is 46.4 Å². The van der Waals surface area contributed by atoms with Crippen molar-refractivity contribution in [2.75, 3.05) is 0 Å². The zero-order chi connectivity index (χ0) is 10.9. The van der Waals surface area contributed by atoms with Gasteiger partial charge in [-0.1, -0.05) is 6.07 Å². The van der Waals surface area contributed by atoms with Crippen molar-refractivity contribution in [3.8, 4) is 0 Å². The minimum atomic E-state index is -0.540. The van der Waals surface area contributed by atoms with Gasteiger partial charge < -0.3 is 0 Å². The van der Waals surface area contributed by atoms with Gasteiger partial charge in [-0.3, -0.25) is 0 Å². The van der Waals surface area contributed by atoms with Crippen LogP contribution in [0.25, 0.3) is 0 Å². The van der Waals surface area contributed by atoms with Crippen molar-refractivity contribution in [3.63, 3.8) is 0 Å². The molecule has 14 heavy (non-hydrogen) atoms. The maximum Gasteiger partial charge on any atom is 0.133 e. The zero-order valence-electron chi connectivity index (χ0n) is 7.82. The lowest BCUT2D eigenvalue weighted by Gasteiger charge is -2.13. The first kappa shape index (κ1) is 12.4. The molecule has 1 aromatic rings. The van der Waals surface area contributed by atoms with Crippen LogP contribution in [0.1, 0.15) is 31.9 Å². The number of aryl methyl sites for hydroxylation is 2. The summed E-state index contributed by atoms with van der Waals surface area (Å²) in [4.78, 5) is -1.08. The van der Waals surface area contributed by atoms with Crippen molar-refractivity contribution in [1.82, 2.24) is 0 Å². The summed E-state index contributed by atoms with van der Waals surface area (Å²) in [6.45, 7) is 3.92. The van der Waals surface area contributed by atoms with Gasteiger partial charge in [-0.2, -0.15) is 0 Å². The van der Waals surface area contributed by atoms with E-state index < -0.39 is 9.67 Å².